The smallest absolute Gasteiger partial charge is 0.195 e. The lowest BCUT2D eigenvalue weighted by Gasteiger charge is -2.13. The van der Waals surface area contributed by atoms with Crippen LogP contribution >= 0.6 is 27.5 Å². The molecule has 1 aromatic heterocycles. The summed E-state index contributed by atoms with van der Waals surface area (Å²) in [6, 6.07) is 32.9. The molecule has 36 heavy (non-hydrogen) atoms. The zero-order valence-corrected chi connectivity index (χ0v) is 21.6. The zero-order chi connectivity index (χ0) is 24.9. The number of aromatic nitrogens is 1. The Bertz CT molecular complexity index is 1590. The number of carbonyl (C=O) groups is 1. The van der Waals surface area contributed by atoms with Crippen molar-refractivity contribution in [2.75, 3.05) is 0 Å². The van der Waals surface area contributed by atoms with Gasteiger partial charge in [-0.05, 0) is 53.1 Å². The monoisotopic (exact) mass is 549 g/mol. The van der Waals surface area contributed by atoms with Crippen molar-refractivity contribution in [1.29, 1.82) is 0 Å². The topological polar surface area (TPSA) is 30.0 Å². The Hall–Kier alpha value is -3.79. The van der Waals surface area contributed by atoms with Crippen LogP contribution in [0.4, 0.5) is 0 Å². The number of fused-ring (bicyclic) bond motifs is 1. The first-order valence-electron chi connectivity index (χ1n) is 11.5. The highest BCUT2D eigenvalue weighted by Gasteiger charge is 2.20. The summed E-state index contributed by atoms with van der Waals surface area (Å²) in [5.41, 5.74) is 5.48. The van der Waals surface area contributed by atoms with Crippen LogP contribution in [0.3, 0.4) is 0 Å². The van der Waals surface area contributed by atoms with Gasteiger partial charge in [0.1, 0.15) is 0 Å². The molecule has 0 fully saturated rings. The Labute approximate surface area is 223 Å². The first-order valence-corrected chi connectivity index (χ1v) is 12.7. The van der Waals surface area contributed by atoms with E-state index in [9.17, 15) is 4.79 Å². The number of halogens is 2. The van der Waals surface area contributed by atoms with Crippen LogP contribution < -0.4 is 0 Å². The van der Waals surface area contributed by atoms with Crippen molar-refractivity contribution in [2.24, 2.45) is 0 Å². The number of hydrogen-bond acceptors (Lipinski definition) is 2. The summed E-state index contributed by atoms with van der Waals surface area (Å²) in [6.07, 6.45) is 7.91. The first-order chi connectivity index (χ1) is 17.6. The summed E-state index contributed by atoms with van der Waals surface area (Å²) in [7, 11) is 0. The van der Waals surface area contributed by atoms with Crippen molar-refractivity contribution in [3.05, 3.63) is 146 Å². The van der Waals surface area contributed by atoms with E-state index in [1.165, 1.54) is 0 Å². The Morgan fingerprint density at radius 2 is 1.31 bits per heavy atom. The van der Waals surface area contributed by atoms with Crippen LogP contribution in [-0.4, -0.2) is 10.8 Å². The standard InChI is InChI=1S/C32H21BrClNO/c33-25-16-10-22(11-17-25)15-21-30-31(32(36)24-6-2-1-3-7-24)28(27-8-4-5-9-29(27)35-30)20-14-23-12-18-26(34)19-13-23/h1-21H/b20-14+,21-15+. The third-order valence-corrected chi connectivity index (χ3v) is 6.62. The normalized spacial score (nSPS) is 11.5. The highest BCUT2D eigenvalue weighted by molar-refractivity contribution is 9.10. The predicted octanol–water partition coefficient (Wildman–Crippen LogP) is 9.22. The van der Waals surface area contributed by atoms with Crippen molar-refractivity contribution in [2.45, 2.75) is 0 Å². The average molecular weight is 551 g/mol. The maximum absolute atomic E-state index is 13.9. The van der Waals surface area contributed by atoms with E-state index >= 15 is 0 Å². The molecule has 0 aliphatic heterocycles. The molecule has 174 valence electrons. The number of pyridine rings is 1. The Kier molecular flexibility index (Phi) is 7.22. The van der Waals surface area contributed by atoms with Gasteiger partial charge >= 0.3 is 0 Å². The zero-order valence-electron chi connectivity index (χ0n) is 19.2. The fourth-order valence-electron chi connectivity index (χ4n) is 4.03. The molecule has 0 unspecified atom stereocenters. The summed E-state index contributed by atoms with van der Waals surface area (Å²) >= 11 is 9.55. The predicted molar refractivity (Wildman–Crippen MR) is 155 cm³/mol. The molecule has 5 aromatic rings. The second-order valence-electron chi connectivity index (χ2n) is 8.27. The summed E-state index contributed by atoms with van der Waals surface area (Å²) in [6.45, 7) is 0. The van der Waals surface area contributed by atoms with Gasteiger partial charge in [-0.15, -0.1) is 0 Å². The van der Waals surface area contributed by atoms with Crippen LogP contribution in [0.25, 0.3) is 35.2 Å². The third kappa shape index (κ3) is 5.38. The molecular formula is C32H21BrClNO. The number of para-hydroxylation sites is 1. The molecule has 0 radical (unpaired) electrons. The van der Waals surface area contributed by atoms with Crippen molar-refractivity contribution in [3.8, 4) is 0 Å². The minimum Gasteiger partial charge on any atom is -0.289 e. The van der Waals surface area contributed by atoms with Crippen LogP contribution in [0.1, 0.15) is 38.3 Å². The van der Waals surface area contributed by atoms with Crippen LogP contribution in [0, 0.1) is 0 Å². The van der Waals surface area contributed by atoms with E-state index in [1.807, 2.05) is 127 Å². The van der Waals surface area contributed by atoms with Gasteiger partial charge in [0.2, 0.25) is 0 Å². The fraction of sp³-hybridized carbons (Fsp3) is 0. The van der Waals surface area contributed by atoms with E-state index < -0.39 is 0 Å². The third-order valence-electron chi connectivity index (χ3n) is 5.84. The molecule has 0 spiro atoms. The van der Waals surface area contributed by atoms with Crippen LogP contribution in [-0.2, 0) is 0 Å². The molecule has 0 amide bonds. The molecule has 5 rings (SSSR count). The van der Waals surface area contributed by atoms with E-state index in [1.54, 1.807) is 0 Å². The fourth-order valence-corrected chi connectivity index (χ4v) is 4.42. The first kappa shape index (κ1) is 23.9. The molecule has 0 N–H and O–H groups in total. The Balaban J connectivity index is 1.72. The quantitative estimate of drug-likeness (QED) is 0.197. The van der Waals surface area contributed by atoms with E-state index in [2.05, 4.69) is 15.9 Å². The summed E-state index contributed by atoms with van der Waals surface area (Å²) in [5.74, 6) is -0.0694. The minimum atomic E-state index is -0.0694. The number of hydrogen-bond donors (Lipinski definition) is 0. The highest BCUT2D eigenvalue weighted by Crippen LogP contribution is 2.29. The maximum Gasteiger partial charge on any atom is 0.195 e. The highest BCUT2D eigenvalue weighted by atomic mass is 79.9. The Morgan fingerprint density at radius 3 is 2.03 bits per heavy atom. The molecule has 0 saturated heterocycles. The molecule has 0 aliphatic carbocycles. The summed E-state index contributed by atoms with van der Waals surface area (Å²) in [4.78, 5) is 18.8. The maximum atomic E-state index is 13.9. The number of nitrogens with zero attached hydrogens (tertiary/aromatic N) is 1. The molecule has 0 saturated carbocycles. The van der Waals surface area contributed by atoms with Crippen LogP contribution in [0.15, 0.2) is 108 Å². The van der Waals surface area contributed by atoms with Gasteiger partial charge in [0.25, 0.3) is 0 Å². The Morgan fingerprint density at radius 1 is 0.694 bits per heavy atom. The van der Waals surface area contributed by atoms with Gasteiger partial charge in [-0.25, -0.2) is 4.98 Å². The molecular weight excluding hydrogens is 530 g/mol. The van der Waals surface area contributed by atoms with Crippen molar-refractivity contribution in [3.63, 3.8) is 0 Å². The van der Waals surface area contributed by atoms with Crippen LogP contribution in [0.5, 0.6) is 0 Å². The lowest BCUT2D eigenvalue weighted by molar-refractivity contribution is 0.103. The molecule has 1 heterocycles. The molecule has 0 aliphatic rings. The van der Waals surface area contributed by atoms with E-state index in [0.29, 0.717) is 21.8 Å². The van der Waals surface area contributed by atoms with Gasteiger partial charge in [0.15, 0.2) is 5.78 Å². The van der Waals surface area contributed by atoms with Gasteiger partial charge in [-0.1, -0.05) is 119 Å². The van der Waals surface area contributed by atoms with E-state index in [4.69, 9.17) is 16.6 Å². The summed E-state index contributed by atoms with van der Waals surface area (Å²) < 4.78 is 1.01. The van der Waals surface area contributed by atoms with E-state index in [-0.39, 0.29) is 5.78 Å². The lowest BCUT2D eigenvalue weighted by atomic mass is 9.92. The SMILES string of the molecule is O=C(c1ccccc1)c1c(/C=C/c2ccc(Br)cc2)nc2ccccc2c1/C=C/c1ccc(Cl)cc1. The van der Waals surface area contributed by atoms with Crippen LogP contribution in [0.2, 0.25) is 5.02 Å². The van der Waals surface area contributed by atoms with Gasteiger partial charge in [0.05, 0.1) is 16.8 Å². The average Bonchev–Trinajstić information content (AvgIpc) is 2.92. The molecule has 4 heteroatoms. The van der Waals surface area contributed by atoms with Gasteiger partial charge in [0, 0.05) is 20.4 Å². The second-order valence-corrected chi connectivity index (χ2v) is 9.62. The van der Waals surface area contributed by atoms with E-state index in [0.717, 1.165) is 32.1 Å². The number of ketones is 1. The minimum absolute atomic E-state index is 0.0694. The molecule has 0 atom stereocenters. The largest absolute Gasteiger partial charge is 0.289 e. The second kappa shape index (κ2) is 10.9. The van der Waals surface area contributed by atoms with Gasteiger partial charge in [-0.3, -0.25) is 4.79 Å². The summed E-state index contributed by atoms with van der Waals surface area (Å²) in [5, 5.41) is 1.60. The van der Waals surface area contributed by atoms with Gasteiger partial charge < -0.3 is 0 Å². The molecule has 4 aromatic carbocycles. The number of benzene rings is 4. The number of rotatable bonds is 6. The van der Waals surface area contributed by atoms with Crippen molar-refractivity contribution >= 4 is 68.5 Å². The lowest BCUT2D eigenvalue weighted by Crippen LogP contribution is -2.08. The molecule has 2 nitrogen and oxygen atoms in total. The van der Waals surface area contributed by atoms with Crippen molar-refractivity contribution in [1.82, 2.24) is 4.98 Å². The van der Waals surface area contributed by atoms with Crippen molar-refractivity contribution < 1.29 is 4.79 Å². The van der Waals surface area contributed by atoms with Gasteiger partial charge in [-0.2, -0.15) is 0 Å². The number of carbonyl (C=O) groups excluding carboxylic acids is 1. The molecule has 0 bridgehead atoms.